The Morgan fingerprint density at radius 2 is 1.81 bits per heavy atom. The van der Waals surface area contributed by atoms with Crippen LogP contribution in [0.2, 0.25) is 0 Å². The van der Waals surface area contributed by atoms with E-state index in [9.17, 15) is 9.59 Å². The Labute approximate surface area is 154 Å². The summed E-state index contributed by atoms with van der Waals surface area (Å²) in [6.07, 6.45) is 3.32. The fraction of sp³-hybridized carbons (Fsp3) is 0.400. The predicted molar refractivity (Wildman–Crippen MR) is 101 cm³/mol. The Morgan fingerprint density at radius 3 is 2.38 bits per heavy atom. The quantitative estimate of drug-likeness (QED) is 0.641. The van der Waals surface area contributed by atoms with E-state index in [0.29, 0.717) is 13.0 Å². The van der Waals surface area contributed by atoms with E-state index < -0.39 is 17.5 Å². The highest BCUT2D eigenvalue weighted by atomic mass is 16.3. The van der Waals surface area contributed by atoms with Gasteiger partial charge in [0.15, 0.2) is 5.76 Å². The molecule has 0 aliphatic rings. The van der Waals surface area contributed by atoms with Crippen molar-refractivity contribution in [2.24, 2.45) is 5.73 Å². The molecule has 1 heterocycles. The number of nitrogens with one attached hydrogen (secondary N) is 2. The van der Waals surface area contributed by atoms with Crippen LogP contribution in [0.1, 0.15) is 42.8 Å². The van der Waals surface area contributed by atoms with Crippen molar-refractivity contribution in [1.82, 2.24) is 10.6 Å². The lowest BCUT2D eigenvalue weighted by Crippen LogP contribution is -2.54. The molecule has 1 unspecified atom stereocenters. The van der Waals surface area contributed by atoms with Crippen LogP contribution in [0, 0.1) is 0 Å². The lowest BCUT2D eigenvalue weighted by atomic mass is 9.94. The van der Waals surface area contributed by atoms with Gasteiger partial charge in [-0.3, -0.25) is 9.59 Å². The van der Waals surface area contributed by atoms with Crippen LogP contribution in [-0.4, -0.2) is 29.9 Å². The van der Waals surface area contributed by atoms with E-state index in [1.807, 2.05) is 44.2 Å². The van der Waals surface area contributed by atoms with Crippen molar-refractivity contribution in [2.45, 2.75) is 44.7 Å². The van der Waals surface area contributed by atoms with E-state index in [1.54, 1.807) is 12.1 Å². The van der Waals surface area contributed by atoms with Crippen molar-refractivity contribution >= 4 is 11.8 Å². The molecule has 0 spiro atoms. The van der Waals surface area contributed by atoms with Crippen LogP contribution >= 0.6 is 0 Å². The average Bonchev–Trinajstić information content (AvgIpc) is 3.21. The van der Waals surface area contributed by atoms with Gasteiger partial charge in [0.25, 0.3) is 5.91 Å². The molecule has 1 atom stereocenters. The summed E-state index contributed by atoms with van der Waals surface area (Å²) >= 11 is 0. The maximum Gasteiger partial charge on any atom is 0.287 e. The Morgan fingerprint density at radius 1 is 1.12 bits per heavy atom. The van der Waals surface area contributed by atoms with Crippen molar-refractivity contribution in [3.8, 4) is 0 Å². The minimum Gasteiger partial charge on any atom is -0.459 e. The summed E-state index contributed by atoms with van der Waals surface area (Å²) in [6, 6.07) is 12.0. The smallest absolute Gasteiger partial charge is 0.287 e. The van der Waals surface area contributed by atoms with Crippen molar-refractivity contribution < 1.29 is 14.0 Å². The molecule has 0 saturated carbocycles. The van der Waals surface area contributed by atoms with Gasteiger partial charge in [-0.25, -0.2) is 0 Å². The maximum atomic E-state index is 12.7. The zero-order valence-electron chi connectivity index (χ0n) is 15.3. The standard InChI is InChI=1S/C20H27N3O3/c1-3-20(21,4-2)14-22-18(24)16(13-15-9-6-5-7-10-15)23-19(25)17-11-8-12-26-17/h5-12,16H,3-4,13-14,21H2,1-2H3,(H,22,24)(H,23,25). The van der Waals surface area contributed by atoms with Crippen LogP contribution in [0.25, 0.3) is 0 Å². The number of hydrogen-bond donors (Lipinski definition) is 3. The SMILES string of the molecule is CCC(N)(CC)CNC(=O)C(Cc1ccccc1)NC(=O)c1ccco1. The Bertz CT molecular complexity index is 694. The number of carbonyl (C=O) groups is 2. The van der Waals surface area contributed by atoms with E-state index in [2.05, 4.69) is 10.6 Å². The molecule has 4 N–H and O–H groups in total. The highest BCUT2D eigenvalue weighted by Gasteiger charge is 2.26. The van der Waals surface area contributed by atoms with Gasteiger partial charge < -0.3 is 20.8 Å². The predicted octanol–water partition coefficient (Wildman–Crippen LogP) is 2.25. The van der Waals surface area contributed by atoms with Crippen LogP contribution in [0.4, 0.5) is 0 Å². The Kier molecular flexibility index (Phi) is 6.97. The molecule has 0 aliphatic heterocycles. The number of carbonyl (C=O) groups excluding carboxylic acids is 2. The first-order valence-electron chi connectivity index (χ1n) is 8.92. The van der Waals surface area contributed by atoms with Gasteiger partial charge >= 0.3 is 0 Å². The molecule has 2 aromatic rings. The van der Waals surface area contributed by atoms with Crippen molar-refractivity contribution in [3.63, 3.8) is 0 Å². The van der Waals surface area contributed by atoms with Gasteiger partial charge in [0, 0.05) is 18.5 Å². The van der Waals surface area contributed by atoms with Gasteiger partial charge in [-0.05, 0) is 30.5 Å². The molecule has 2 amide bonds. The lowest BCUT2D eigenvalue weighted by Gasteiger charge is -2.28. The number of nitrogens with two attached hydrogens (primary N) is 1. The van der Waals surface area contributed by atoms with Crippen molar-refractivity contribution in [2.75, 3.05) is 6.54 Å². The second-order valence-electron chi connectivity index (χ2n) is 6.48. The normalized spacial score (nSPS) is 12.4. The summed E-state index contributed by atoms with van der Waals surface area (Å²) in [6.45, 7) is 4.35. The number of hydrogen-bond acceptors (Lipinski definition) is 4. The van der Waals surface area contributed by atoms with Gasteiger partial charge in [-0.1, -0.05) is 44.2 Å². The van der Waals surface area contributed by atoms with Crippen LogP contribution in [0.15, 0.2) is 53.1 Å². The Hall–Kier alpha value is -2.60. The molecule has 26 heavy (non-hydrogen) atoms. The van der Waals surface area contributed by atoms with E-state index in [4.69, 9.17) is 10.2 Å². The fourth-order valence-corrected chi connectivity index (χ4v) is 2.58. The second-order valence-corrected chi connectivity index (χ2v) is 6.48. The maximum absolute atomic E-state index is 12.7. The molecule has 0 bridgehead atoms. The molecule has 1 aromatic carbocycles. The first kappa shape index (κ1) is 19.7. The summed E-state index contributed by atoms with van der Waals surface area (Å²) < 4.78 is 5.11. The molecule has 1 aromatic heterocycles. The topological polar surface area (TPSA) is 97.4 Å². The van der Waals surface area contributed by atoms with Crippen LogP contribution in [0.3, 0.4) is 0 Å². The molecule has 0 saturated heterocycles. The van der Waals surface area contributed by atoms with Gasteiger partial charge in [-0.2, -0.15) is 0 Å². The number of rotatable bonds is 9. The first-order chi connectivity index (χ1) is 12.5. The van der Waals surface area contributed by atoms with Crippen LogP contribution in [-0.2, 0) is 11.2 Å². The zero-order valence-corrected chi connectivity index (χ0v) is 15.3. The summed E-state index contributed by atoms with van der Waals surface area (Å²) in [5.41, 5.74) is 6.77. The average molecular weight is 357 g/mol. The minimum absolute atomic E-state index is 0.172. The van der Waals surface area contributed by atoms with Crippen LogP contribution in [0.5, 0.6) is 0 Å². The molecular weight excluding hydrogens is 330 g/mol. The largest absolute Gasteiger partial charge is 0.459 e. The fourth-order valence-electron chi connectivity index (χ4n) is 2.58. The summed E-state index contributed by atoms with van der Waals surface area (Å²) in [7, 11) is 0. The number of furan rings is 1. The molecule has 6 heteroatoms. The molecule has 140 valence electrons. The molecule has 0 radical (unpaired) electrons. The van der Waals surface area contributed by atoms with Crippen molar-refractivity contribution in [1.29, 1.82) is 0 Å². The van der Waals surface area contributed by atoms with Gasteiger partial charge in [0.1, 0.15) is 6.04 Å². The third kappa shape index (κ3) is 5.46. The highest BCUT2D eigenvalue weighted by molar-refractivity contribution is 5.95. The van der Waals surface area contributed by atoms with E-state index in [-0.39, 0.29) is 11.7 Å². The van der Waals surface area contributed by atoms with E-state index in [1.165, 1.54) is 6.26 Å². The van der Waals surface area contributed by atoms with E-state index >= 15 is 0 Å². The van der Waals surface area contributed by atoms with Gasteiger partial charge in [0.2, 0.25) is 5.91 Å². The van der Waals surface area contributed by atoms with E-state index in [0.717, 1.165) is 18.4 Å². The van der Waals surface area contributed by atoms with Gasteiger partial charge in [0.05, 0.1) is 6.26 Å². The molecule has 6 nitrogen and oxygen atoms in total. The number of amides is 2. The molecule has 0 aliphatic carbocycles. The van der Waals surface area contributed by atoms with Crippen LogP contribution < -0.4 is 16.4 Å². The summed E-state index contributed by atoms with van der Waals surface area (Å²) in [5, 5.41) is 5.64. The molecular formula is C20H27N3O3. The third-order valence-corrected chi connectivity index (χ3v) is 4.67. The third-order valence-electron chi connectivity index (χ3n) is 4.67. The molecule has 2 rings (SSSR count). The highest BCUT2D eigenvalue weighted by Crippen LogP contribution is 2.10. The summed E-state index contributed by atoms with van der Waals surface area (Å²) in [5.74, 6) is -0.507. The monoisotopic (exact) mass is 357 g/mol. The van der Waals surface area contributed by atoms with Gasteiger partial charge in [-0.15, -0.1) is 0 Å². The Balaban J connectivity index is 2.08. The lowest BCUT2D eigenvalue weighted by molar-refractivity contribution is -0.123. The first-order valence-corrected chi connectivity index (χ1v) is 8.92. The zero-order chi connectivity index (χ0) is 19.0. The number of benzene rings is 1. The summed E-state index contributed by atoms with van der Waals surface area (Å²) in [4.78, 5) is 25.0. The second kappa shape index (κ2) is 9.20. The molecule has 0 fully saturated rings. The minimum atomic E-state index is -0.715. The van der Waals surface area contributed by atoms with Crippen molar-refractivity contribution in [3.05, 3.63) is 60.1 Å².